The molecule has 21 heavy (non-hydrogen) atoms. The van der Waals surface area contributed by atoms with Crippen molar-refractivity contribution in [3.63, 3.8) is 0 Å². The minimum atomic E-state index is -0.292. The van der Waals surface area contributed by atoms with Gasteiger partial charge < -0.3 is 4.90 Å². The Kier molecular flexibility index (Phi) is 4.95. The smallest absolute Gasteiger partial charge is 0.151 e. The molecule has 0 spiro atoms. The van der Waals surface area contributed by atoms with Crippen LogP contribution >= 0.6 is 0 Å². The molecule has 1 aromatic carbocycles. The van der Waals surface area contributed by atoms with E-state index in [0.717, 1.165) is 23.0 Å². The number of carbonyl (C=O) groups excluding carboxylic acids is 1. The molecule has 0 fully saturated rings. The Balaban J connectivity index is 2.58. The highest BCUT2D eigenvalue weighted by molar-refractivity contribution is 6.17. The normalized spacial score (nSPS) is 12.2. The van der Waals surface area contributed by atoms with E-state index in [1.807, 2.05) is 19.0 Å². The van der Waals surface area contributed by atoms with E-state index < -0.39 is 0 Å². The Bertz CT molecular complexity index is 634. The van der Waals surface area contributed by atoms with Crippen molar-refractivity contribution in [3.05, 3.63) is 65.7 Å². The number of hydrogen-bond donors (Lipinski definition) is 0. The van der Waals surface area contributed by atoms with Crippen LogP contribution in [0.5, 0.6) is 0 Å². The number of nitrogens with zero attached hydrogens (tertiary/aromatic N) is 2. The maximum absolute atomic E-state index is 13.1. The molecule has 2 aromatic rings. The summed E-state index contributed by atoms with van der Waals surface area (Å²) in [6, 6.07) is 9.78. The molecule has 0 aliphatic heterocycles. The number of benzene rings is 1. The minimum absolute atomic E-state index is 0.292. The SMILES string of the molecule is CN(C)CC(=C(C=O)c1ccncc1)c1ccc(F)cc1. The van der Waals surface area contributed by atoms with Crippen LogP contribution in [0.2, 0.25) is 0 Å². The highest BCUT2D eigenvalue weighted by Gasteiger charge is 2.12. The molecule has 3 nitrogen and oxygen atoms in total. The van der Waals surface area contributed by atoms with Gasteiger partial charge in [0.1, 0.15) is 5.82 Å². The van der Waals surface area contributed by atoms with E-state index in [1.54, 1.807) is 36.7 Å². The molecule has 0 aliphatic carbocycles. The van der Waals surface area contributed by atoms with Crippen LogP contribution in [0.1, 0.15) is 11.1 Å². The lowest BCUT2D eigenvalue weighted by molar-refractivity contribution is -0.103. The number of pyridine rings is 1. The number of hydrogen-bond acceptors (Lipinski definition) is 3. The summed E-state index contributed by atoms with van der Waals surface area (Å²) in [7, 11) is 3.86. The highest BCUT2D eigenvalue weighted by atomic mass is 19.1. The summed E-state index contributed by atoms with van der Waals surface area (Å²) in [5.41, 5.74) is 3.10. The molecule has 1 heterocycles. The summed E-state index contributed by atoms with van der Waals surface area (Å²) in [5.74, 6) is -0.292. The second kappa shape index (κ2) is 6.90. The number of rotatable bonds is 5. The van der Waals surface area contributed by atoms with Crippen LogP contribution in [-0.2, 0) is 4.79 Å². The summed E-state index contributed by atoms with van der Waals surface area (Å²) in [5, 5.41) is 0. The Hall–Kier alpha value is -2.33. The van der Waals surface area contributed by atoms with Gasteiger partial charge >= 0.3 is 0 Å². The fourth-order valence-electron chi connectivity index (χ4n) is 2.14. The molecular weight excluding hydrogens is 267 g/mol. The van der Waals surface area contributed by atoms with E-state index in [0.29, 0.717) is 12.1 Å². The average Bonchev–Trinajstić information content (AvgIpc) is 2.48. The van der Waals surface area contributed by atoms with Gasteiger partial charge in [0.25, 0.3) is 0 Å². The van der Waals surface area contributed by atoms with E-state index >= 15 is 0 Å². The van der Waals surface area contributed by atoms with Crippen LogP contribution in [0.15, 0.2) is 48.8 Å². The van der Waals surface area contributed by atoms with Crippen LogP contribution in [0.4, 0.5) is 4.39 Å². The summed E-state index contributed by atoms with van der Waals surface area (Å²) >= 11 is 0. The zero-order valence-electron chi connectivity index (χ0n) is 12.1. The Morgan fingerprint density at radius 2 is 1.71 bits per heavy atom. The predicted molar refractivity (Wildman–Crippen MR) is 82.1 cm³/mol. The second-order valence-electron chi connectivity index (χ2n) is 4.99. The number of likely N-dealkylation sites (N-methyl/N-ethyl adjacent to an activating group) is 1. The first kappa shape index (κ1) is 15.1. The lowest BCUT2D eigenvalue weighted by atomic mass is 9.95. The average molecular weight is 284 g/mol. The van der Waals surface area contributed by atoms with Crippen molar-refractivity contribution in [2.24, 2.45) is 0 Å². The highest BCUT2D eigenvalue weighted by Crippen LogP contribution is 2.25. The van der Waals surface area contributed by atoms with Gasteiger partial charge in [-0.15, -0.1) is 0 Å². The maximum Gasteiger partial charge on any atom is 0.151 e. The minimum Gasteiger partial charge on any atom is -0.305 e. The first-order chi connectivity index (χ1) is 10.1. The van der Waals surface area contributed by atoms with Gasteiger partial charge in [0, 0.05) is 24.5 Å². The van der Waals surface area contributed by atoms with Crippen LogP contribution in [0.3, 0.4) is 0 Å². The molecule has 0 aliphatic rings. The van der Waals surface area contributed by atoms with Gasteiger partial charge in [-0.25, -0.2) is 4.39 Å². The van der Waals surface area contributed by atoms with Crippen molar-refractivity contribution < 1.29 is 9.18 Å². The molecule has 0 atom stereocenters. The van der Waals surface area contributed by atoms with Crippen molar-refractivity contribution in [1.82, 2.24) is 9.88 Å². The van der Waals surface area contributed by atoms with Gasteiger partial charge in [0.2, 0.25) is 0 Å². The molecule has 2 rings (SSSR count). The third kappa shape index (κ3) is 3.83. The number of halogens is 1. The fraction of sp³-hybridized carbons (Fsp3) is 0.176. The van der Waals surface area contributed by atoms with Crippen molar-refractivity contribution in [2.75, 3.05) is 20.6 Å². The van der Waals surface area contributed by atoms with E-state index in [1.165, 1.54) is 12.1 Å². The largest absolute Gasteiger partial charge is 0.305 e. The summed E-state index contributed by atoms with van der Waals surface area (Å²) in [6.45, 7) is 0.585. The third-order valence-electron chi connectivity index (χ3n) is 3.10. The van der Waals surface area contributed by atoms with E-state index in [9.17, 15) is 9.18 Å². The van der Waals surface area contributed by atoms with E-state index in [2.05, 4.69) is 4.98 Å². The maximum atomic E-state index is 13.1. The topological polar surface area (TPSA) is 33.2 Å². The van der Waals surface area contributed by atoms with Gasteiger partial charge in [-0.2, -0.15) is 0 Å². The summed E-state index contributed by atoms with van der Waals surface area (Å²) in [4.78, 5) is 17.5. The van der Waals surface area contributed by atoms with Crippen molar-refractivity contribution >= 4 is 17.4 Å². The summed E-state index contributed by atoms with van der Waals surface area (Å²) in [6.07, 6.45) is 4.14. The number of carbonyl (C=O) groups is 1. The van der Waals surface area contributed by atoms with Crippen LogP contribution in [0, 0.1) is 5.82 Å². The standard InChI is InChI=1S/C17H17FN2O/c1-20(2)11-16(13-3-5-15(18)6-4-13)17(12-21)14-7-9-19-10-8-14/h3-10,12H,11H2,1-2H3. The number of aldehydes is 1. The molecule has 108 valence electrons. The molecule has 0 radical (unpaired) electrons. The summed E-state index contributed by atoms with van der Waals surface area (Å²) < 4.78 is 13.1. The zero-order chi connectivity index (χ0) is 15.2. The van der Waals surface area contributed by atoms with Gasteiger partial charge in [-0.05, 0) is 55.1 Å². The van der Waals surface area contributed by atoms with Crippen LogP contribution < -0.4 is 0 Å². The van der Waals surface area contributed by atoms with E-state index in [-0.39, 0.29) is 5.82 Å². The molecule has 1 aromatic heterocycles. The Morgan fingerprint density at radius 3 is 2.24 bits per heavy atom. The molecular formula is C17H17FN2O. The van der Waals surface area contributed by atoms with Gasteiger partial charge in [0.05, 0.1) is 0 Å². The molecule has 0 bridgehead atoms. The fourth-order valence-corrected chi connectivity index (χ4v) is 2.14. The lowest BCUT2D eigenvalue weighted by Crippen LogP contribution is -2.16. The van der Waals surface area contributed by atoms with Crippen LogP contribution in [-0.4, -0.2) is 36.8 Å². The molecule has 0 saturated carbocycles. The van der Waals surface area contributed by atoms with E-state index in [4.69, 9.17) is 0 Å². The van der Waals surface area contributed by atoms with Crippen molar-refractivity contribution in [2.45, 2.75) is 0 Å². The first-order valence-corrected chi connectivity index (χ1v) is 6.61. The zero-order valence-corrected chi connectivity index (χ0v) is 12.1. The quantitative estimate of drug-likeness (QED) is 0.625. The van der Waals surface area contributed by atoms with Gasteiger partial charge in [-0.3, -0.25) is 9.78 Å². The molecule has 0 unspecified atom stereocenters. The molecule has 0 amide bonds. The molecule has 4 heteroatoms. The second-order valence-corrected chi connectivity index (χ2v) is 4.99. The number of allylic oxidation sites excluding steroid dienone is 1. The first-order valence-electron chi connectivity index (χ1n) is 6.61. The Morgan fingerprint density at radius 1 is 1.10 bits per heavy atom. The van der Waals surface area contributed by atoms with Gasteiger partial charge in [-0.1, -0.05) is 12.1 Å². The molecule has 0 saturated heterocycles. The van der Waals surface area contributed by atoms with Crippen molar-refractivity contribution in [1.29, 1.82) is 0 Å². The molecule has 0 N–H and O–H groups in total. The number of aromatic nitrogens is 1. The third-order valence-corrected chi connectivity index (χ3v) is 3.10. The predicted octanol–water partition coefficient (Wildman–Crippen LogP) is 2.89. The van der Waals surface area contributed by atoms with Crippen LogP contribution in [0.25, 0.3) is 11.1 Å². The lowest BCUT2D eigenvalue weighted by Gasteiger charge is -2.17. The monoisotopic (exact) mass is 284 g/mol. The van der Waals surface area contributed by atoms with Crippen molar-refractivity contribution in [3.8, 4) is 0 Å². The van der Waals surface area contributed by atoms with Gasteiger partial charge in [0.15, 0.2) is 6.29 Å². The Labute approximate surface area is 123 Å².